The summed E-state index contributed by atoms with van der Waals surface area (Å²) in [5.74, 6) is 0. The first-order valence-electron chi connectivity index (χ1n) is 6.40. The molecule has 20 heavy (non-hydrogen) atoms. The van der Waals surface area contributed by atoms with Crippen molar-refractivity contribution in [2.45, 2.75) is 42.9 Å². The standard InChI is InChI=1S/C14H19BrN4S/c1-14(2,3)17-8-10-7-11(15)5-6-12(10)20-13-16-9-18-19(13)4/h5-7,9,17H,8H2,1-4H3. The maximum atomic E-state index is 4.27. The second-order valence-electron chi connectivity index (χ2n) is 5.62. The molecule has 0 aliphatic rings. The number of nitrogens with zero attached hydrogens (tertiary/aromatic N) is 3. The zero-order chi connectivity index (χ0) is 14.8. The molecule has 1 aromatic carbocycles. The van der Waals surface area contributed by atoms with E-state index in [0.29, 0.717) is 0 Å². The van der Waals surface area contributed by atoms with Crippen molar-refractivity contribution in [2.24, 2.45) is 7.05 Å². The molecule has 0 radical (unpaired) electrons. The van der Waals surface area contributed by atoms with Crippen molar-refractivity contribution >= 4 is 27.7 Å². The lowest BCUT2D eigenvalue weighted by atomic mass is 10.1. The summed E-state index contributed by atoms with van der Waals surface area (Å²) < 4.78 is 2.87. The smallest absolute Gasteiger partial charge is 0.190 e. The molecular formula is C14H19BrN4S. The van der Waals surface area contributed by atoms with E-state index in [4.69, 9.17) is 0 Å². The van der Waals surface area contributed by atoms with Crippen LogP contribution in [0.1, 0.15) is 26.3 Å². The molecule has 0 unspecified atom stereocenters. The number of hydrogen-bond acceptors (Lipinski definition) is 4. The van der Waals surface area contributed by atoms with Crippen molar-refractivity contribution in [3.63, 3.8) is 0 Å². The number of rotatable bonds is 4. The maximum Gasteiger partial charge on any atom is 0.190 e. The zero-order valence-corrected chi connectivity index (χ0v) is 14.5. The highest BCUT2D eigenvalue weighted by Crippen LogP contribution is 2.30. The van der Waals surface area contributed by atoms with E-state index in [0.717, 1.165) is 16.2 Å². The Kier molecular flexibility index (Phi) is 4.88. The molecule has 0 saturated carbocycles. The fourth-order valence-electron chi connectivity index (χ4n) is 1.62. The largest absolute Gasteiger partial charge is 0.308 e. The highest BCUT2D eigenvalue weighted by atomic mass is 79.9. The Hall–Kier alpha value is -0.850. The Morgan fingerprint density at radius 3 is 2.70 bits per heavy atom. The van der Waals surface area contributed by atoms with Crippen molar-refractivity contribution in [3.05, 3.63) is 34.6 Å². The predicted octanol–water partition coefficient (Wildman–Crippen LogP) is 3.62. The summed E-state index contributed by atoms with van der Waals surface area (Å²) in [6.45, 7) is 7.32. The van der Waals surface area contributed by atoms with Crippen LogP contribution in [0.25, 0.3) is 0 Å². The van der Waals surface area contributed by atoms with Crippen LogP contribution < -0.4 is 5.32 Å². The van der Waals surface area contributed by atoms with E-state index in [1.807, 2.05) is 7.05 Å². The van der Waals surface area contributed by atoms with Crippen LogP contribution in [0.3, 0.4) is 0 Å². The molecule has 0 aliphatic carbocycles. The summed E-state index contributed by atoms with van der Waals surface area (Å²) >= 11 is 5.17. The third-order valence-electron chi connectivity index (χ3n) is 2.70. The van der Waals surface area contributed by atoms with Gasteiger partial charge in [0.05, 0.1) is 0 Å². The van der Waals surface area contributed by atoms with E-state index in [9.17, 15) is 0 Å². The molecular weight excluding hydrogens is 336 g/mol. The number of halogens is 1. The monoisotopic (exact) mass is 354 g/mol. The van der Waals surface area contributed by atoms with Gasteiger partial charge in [-0.1, -0.05) is 15.9 Å². The molecule has 0 amide bonds. The van der Waals surface area contributed by atoms with Crippen molar-refractivity contribution in [1.29, 1.82) is 0 Å². The minimum Gasteiger partial charge on any atom is -0.308 e. The van der Waals surface area contributed by atoms with Crippen LogP contribution in [-0.4, -0.2) is 20.3 Å². The first-order valence-corrected chi connectivity index (χ1v) is 8.01. The SMILES string of the molecule is Cn1ncnc1Sc1ccc(Br)cc1CNC(C)(C)C. The van der Waals surface area contributed by atoms with Gasteiger partial charge >= 0.3 is 0 Å². The molecule has 108 valence electrons. The first-order chi connectivity index (χ1) is 9.35. The van der Waals surface area contributed by atoms with Gasteiger partial charge in [0.25, 0.3) is 0 Å². The number of benzene rings is 1. The van der Waals surface area contributed by atoms with Crippen molar-refractivity contribution in [1.82, 2.24) is 20.1 Å². The van der Waals surface area contributed by atoms with Crippen molar-refractivity contribution < 1.29 is 0 Å². The van der Waals surface area contributed by atoms with Gasteiger partial charge in [-0.25, -0.2) is 9.67 Å². The Morgan fingerprint density at radius 1 is 1.35 bits per heavy atom. The van der Waals surface area contributed by atoms with Crippen LogP contribution in [-0.2, 0) is 13.6 Å². The fourth-order valence-corrected chi connectivity index (χ4v) is 2.91. The molecule has 0 bridgehead atoms. The van der Waals surface area contributed by atoms with E-state index >= 15 is 0 Å². The lowest BCUT2D eigenvalue weighted by Crippen LogP contribution is -2.35. The van der Waals surface area contributed by atoms with Crippen molar-refractivity contribution in [2.75, 3.05) is 0 Å². The summed E-state index contributed by atoms with van der Waals surface area (Å²) in [4.78, 5) is 5.46. The van der Waals surface area contributed by atoms with E-state index in [1.54, 1.807) is 22.8 Å². The normalized spacial score (nSPS) is 11.8. The summed E-state index contributed by atoms with van der Waals surface area (Å²) in [5.41, 5.74) is 1.34. The molecule has 4 nitrogen and oxygen atoms in total. The molecule has 0 fully saturated rings. The van der Waals surface area contributed by atoms with E-state index in [1.165, 1.54) is 10.5 Å². The topological polar surface area (TPSA) is 42.7 Å². The average Bonchev–Trinajstić information content (AvgIpc) is 2.74. The van der Waals surface area contributed by atoms with Gasteiger partial charge in [-0.15, -0.1) is 0 Å². The molecule has 0 spiro atoms. The van der Waals surface area contributed by atoms with Crippen LogP contribution in [0, 0.1) is 0 Å². The molecule has 0 atom stereocenters. The van der Waals surface area contributed by atoms with Gasteiger partial charge in [0, 0.05) is 28.5 Å². The molecule has 6 heteroatoms. The van der Waals surface area contributed by atoms with Gasteiger partial charge in [0.15, 0.2) is 5.16 Å². The summed E-state index contributed by atoms with van der Waals surface area (Å²) in [7, 11) is 1.90. The Labute approximate surface area is 132 Å². The Balaban J connectivity index is 2.21. The van der Waals surface area contributed by atoms with Crippen molar-refractivity contribution in [3.8, 4) is 0 Å². The fraction of sp³-hybridized carbons (Fsp3) is 0.429. The zero-order valence-electron chi connectivity index (χ0n) is 12.1. The van der Waals surface area contributed by atoms with Crippen LogP contribution in [0.15, 0.2) is 39.1 Å². The van der Waals surface area contributed by atoms with Gasteiger partial charge < -0.3 is 5.32 Å². The average molecular weight is 355 g/mol. The highest BCUT2D eigenvalue weighted by Gasteiger charge is 2.13. The van der Waals surface area contributed by atoms with Crippen LogP contribution >= 0.6 is 27.7 Å². The molecule has 1 heterocycles. The molecule has 1 aromatic heterocycles. The Morgan fingerprint density at radius 2 is 2.10 bits per heavy atom. The summed E-state index contributed by atoms with van der Waals surface area (Å²) in [5, 5.41) is 8.52. The van der Waals surface area contributed by atoms with Crippen LogP contribution in [0.4, 0.5) is 0 Å². The first kappa shape index (κ1) is 15.5. The Bertz CT molecular complexity index is 589. The third-order valence-corrected chi connectivity index (χ3v) is 4.37. The number of aryl methyl sites for hydroxylation is 1. The number of hydrogen-bond donors (Lipinski definition) is 1. The van der Waals surface area contributed by atoms with E-state index in [-0.39, 0.29) is 5.54 Å². The predicted molar refractivity (Wildman–Crippen MR) is 85.9 cm³/mol. The summed E-state index contributed by atoms with van der Waals surface area (Å²) in [6, 6.07) is 6.32. The van der Waals surface area contributed by atoms with Crippen LogP contribution in [0.5, 0.6) is 0 Å². The quantitative estimate of drug-likeness (QED) is 0.910. The van der Waals surface area contributed by atoms with E-state index < -0.39 is 0 Å². The van der Waals surface area contributed by atoms with Gasteiger partial charge in [-0.05, 0) is 56.3 Å². The molecule has 0 aliphatic heterocycles. The van der Waals surface area contributed by atoms with E-state index in [2.05, 4.69) is 70.3 Å². The van der Waals surface area contributed by atoms with Gasteiger partial charge in [0.1, 0.15) is 6.33 Å². The second-order valence-corrected chi connectivity index (χ2v) is 7.55. The number of nitrogens with one attached hydrogen (secondary N) is 1. The highest BCUT2D eigenvalue weighted by molar-refractivity contribution is 9.10. The molecule has 2 aromatic rings. The molecule has 1 N–H and O–H groups in total. The van der Waals surface area contributed by atoms with Gasteiger partial charge in [0.2, 0.25) is 0 Å². The molecule has 0 saturated heterocycles. The third kappa shape index (κ3) is 4.33. The molecule has 2 rings (SSSR count). The minimum absolute atomic E-state index is 0.0923. The summed E-state index contributed by atoms with van der Waals surface area (Å²) in [6.07, 6.45) is 1.58. The maximum absolute atomic E-state index is 4.27. The minimum atomic E-state index is 0.0923. The lowest BCUT2D eigenvalue weighted by molar-refractivity contribution is 0.422. The lowest BCUT2D eigenvalue weighted by Gasteiger charge is -2.21. The number of aromatic nitrogens is 3. The second kappa shape index (κ2) is 6.28. The van der Waals surface area contributed by atoms with Gasteiger partial charge in [-0.3, -0.25) is 0 Å². The van der Waals surface area contributed by atoms with Gasteiger partial charge in [-0.2, -0.15) is 5.10 Å². The van der Waals surface area contributed by atoms with Crippen LogP contribution in [0.2, 0.25) is 0 Å².